The molecule has 0 saturated carbocycles. The van der Waals surface area contributed by atoms with Crippen molar-refractivity contribution in [3.63, 3.8) is 0 Å². The van der Waals surface area contributed by atoms with Crippen LogP contribution in [0.3, 0.4) is 0 Å². The first-order chi connectivity index (χ1) is 8.06. The zero-order chi connectivity index (χ0) is 12.4. The van der Waals surface area contributed by atoms with E-state index in [1.54, 1.807) is 6.08 Å². The van der Waals surface area contributed by atoms with Crippen molar-refractivity contribution in [3.05, 3.63) is 34.7 Å². The summed E-state index contributed by atoms with van der Waals surface area (Å²) in [5.74, 6) is -0.324. The lowest BCUT2D eigenvalue weighted by Gasteiger charge is -2.12. The van der Waals surface area contributed by atoms with Crippen LogP contribution in [0.5, 0.6) is 0 Å². The van der Waals surface area contributed by atoms with Crippen molar-refractivity contribution < 1.29 is 9.59 Å². The highest BCUT2D eigenvalue weighted by molar-refractivity contribution is 8.18. The third-order valence-electron chi connectivity index (χ3n) is 2.33. The Morgan fingerprint density at radius 3 is 2.65 bits per heavy atom. The molecular weight excluding hydrogens is 236 g/mol. The predicted octanol–water partition coefficient (Wildman–Crippen LogP) is 2.08. The fourth-order valence-corrected chi connectivity index (χ4v) is 2.15. The quantitative estimate of drug-likeness (QED) is 0.814. The van der Waals surface area contributed by atoms with Crippen LogP contribution in [0.25, 0.3) is 6.08 Å². The van der Waals surface area contributed by atoms with Gasteiger partial charge in [-0.25, -0.2) is 0 Å². The van der Waals surface area contributed by atoms with Crippen LogP contribution >= 0.6 is 11.8 Å². The van der Waals surface area contributed by atoms with Crippen molar-refractivity contribution >= 4 is 34.7 Å². The van der Waals surface area contributed by atoms with Crippen LogP contribution < -0.4 is 10.2 Å². The van der Waals surface area contributed by atoms with Gasteiger partial charge in [-0.15, -0.1) is 0 Å². The number of hydrogen-bond donors (Lipinski definition) is 1. The maximum absolute atomic E-state index is 11.4. The monoisotopic (exact) mass is 248 g/mol. The number of carbonyl (C=O) groups excluding carboxylic acids is 2. The van der Waals surface area contributed by atoms with Crippen LogP contribution in [0, 0.1) is 0 Å². The molecule has 1 N–H and O–H groups in total. The minimum atomic E-state index is -0.324. The highest BCUT2D eigenvalue weighted by Gasteiger charge is 2.24. The van der Waals surface area contributed by atoms with Gasteiger partial charge >= 0.3 is 0 Å². The summed E-state index contributed by atoms with van der Waals surface area (Å²) in [6, 6.07) is 7.76. The molecule has 88 valence electrons. The van der Waals surface area contributed by atoms with Crippen LogP contribution in [0.15, 0.2) is 29.2 Å². The topological polar surface area (TPSA) is 49.4 Å². The van der Waals surface area contributed by atoms with Crippen molar-refractivity contribution in [3.8, 4) is 0 Å². The summed E-state index contributed by atoms with van der Waals surface area (Å²) in [5.41, 5.74) is 1.96. The van der Waals surface area contributed by atoms with E-state index in [4.69, 9.17) is 0 Å². The minimum Gasteiger partial charge on any atom is -0.378 e. The van der Waals surface area contributed by atoms with E-state index in [0.717, 1.165) is 23.0 Å². The van der Waals surface area contributed by atoms with E-state index in [0.29, 0.717) is 4.91 Å². The molecule has 0 spiro atoms. The molecule has 1 heterocycles. The SMILES string of the molecule is CN(C)c1cccc(/C=C2/SC(=O)NC2=O)c1. The number of benzene rings is 1. The Morgan fingerprint density at radius 2 is 2.06 bits per heavy atom. The molecule has 2 amide bonds. The molecule has 5 heteroatoms. The first-order valence-corrected chi connectivity index (χ1v) is 5.90. The van der Waals surface area contributed by atoms with E-state index >= 15 is 0 Å². The number of thioether (sulfide) groups is 1. The highest BCUT2D eigenvalue weighted by Crippen LogP contribution is 2.26. The van der Waals surface area contributed by atoms with E-state index in [2.05, 4.69) is 5.32 Å². The van der Waals surface area contributed by atoms with E-state index in [-0.39, 0.29) is 11.1 Å². The predicted molar refractivity (Wildman–Crippen MR) is 69.9 cm³/mol. The van der Waals surface area contributed by atoms with Crippen LogP contribution in [0.1, 0.15) is 5.56 Å². The second-order valence-electron chi connectivity index (χ2n) is 3.84. The standard InChI is InChI=1S/C12H12N2O2S/c1-14(2)9-5-3-4-8(6-9)7-10-11(15)13-12(16)17-10/h3-7H,1-2H3,(H,13,15,16)/b10-7+. The largest absolute Gasteiger partial charge is 0.378 e. The van der Waals surface area contributed by atoms with Gasteiger partial charge in [0.25, 0.3) is 11.1 Å². The van der Waals surface area contributed by atoms with Gasteiger partial charge in [0, 0.05) is 19.8 Å². The number of hydrogen-bond acceptors (Lipinski definition) is 4. The van der Waals surface area contributed by atoms with Crippen molar-refractivity contribution in [2.75, 3.05) is 19.0 Å². The van der Waals surface area contributed by atoms with Gasteiger partial charge in [-0.05, 0) is 35.5 Å². The van der Waals surface area contributed by atoms with Gasteiger partial charge in [0.1, 0.15) is 0 Å². The molecule has 0 atom stereocenters. The zero-order valence-corrected chi connectivity index (χ0v) is 10.4. The third-order valence-corrected chi connectivity index (χ3v) is 3.14. The number of imide groups is 1. The zero-order valence-electron chi connectivity index (χ0n) is 9.56. The molecule has 4 nitrogen and oxygen atoms in total. The number of anilines is 1. The maximum atomic E-state index is 11.4. The summed E-state index contributed by atoms with van der Waals surface area (Å²) in [4.78, 5) is 24.8. The van der Waals surface area contributed by atoms with Crippen LogP contribution in [-0.2, 0) is 4.79 Å². The van der Waals surface area contributed by atoms with Gasteiger partial charge in [0.15, 0.2) is 0 Å². The smallest absolute Gasteiger partial charge is 0.290 e. The normalized spacial score (nSPS) is 17.4. The van der Waals surface area contributed by atoms with E-state index in [9.17, 15) is 9.59 Å². The van der Waals surface area contributed by atoms with Crippen molar-refractivity contribution in [2.45, 2.75) is 0 Å². The van der Waals surface area contributed by atoms with Gasteiger partial charge in [-0.3, -0.25) is 14.9 Å². The average molecular weight is 248 g/mol. The molecule has 1 fully saturated rings. The summed E-state index contributed by atoms with van der Waals surface area (Å²) < 4.78 is 0. The summed E-state index contributed by atoms with van der Waals surface area (Å²) in [6.45, 7) is 0. The van der Waals surface area contributed by atoms with Gasteiger partial charge in [0.05, 0.1) is 4.91 Å². The molecule has 0 bridgehead atoms. The molecule has 0 radical (unpaired) electrons. The molecule has 17 heavy (non-hydrogen) atoms. The van der Waals surface area contributed by atoms with Crippen molar-refractivity contribution in [1.82, 2.24) is 5.32 Å². The van der Waals surface area contributed by atoms with Crippen molar-refractivity contribution in [1.29, 1.82) is 0 Å². The molecule has 0 aliphatic carbocycles. The van der Waals surface area contributed by atoms with Crippen LogP contribution in [0.4, 0.5) is 10.5 Å². The van der Waals surface area contributed by atoms with Gasteiger partial charge in [-0.1, -0.05) is 12.1 Å². The Kier molecular flexibility index (Phi) is 3.19. The number of rotatable bonds is 2. The Balaban J connectivity index is 2.29. The number of amides is 2. The lowest BCUT2D eigenvalue weighted by Crippen LogP contribution is -2.17. The maximum Gasteiger partial charge on any atom is 0.290 e. The van der Waals surface area contributed by atoms with Crippen LogP contribution in [0.2, 0.25) is 0 Å². The lowest BCUT2D eigenvalue weighted by molar-refractivity contribution is -0.115. The van der Waals surface area contributed by atoms with E-state index < -0.39 is 0 Å². The van der Waals surface area contributed by atoms with E-state index in [1.165, 1.54) is 0 Å². The van der Waals surface area contributed by atoms with Gasteiger partial charge in [-0.2, -0.15) is 0 Å². The Hall–Kier alpha value is -1.75. The summed E-state index contributed by atoms with van der Waals surface area (Å²) in [7, 11) is 3.90. The van der Waals surface area contributed by atoms with E-state index in [1.807, 2.05) is 43.3 Å². The second-order valence-corrected chi connectivity index (χ2v) is 4.86. The van der Waals surface area contributed by atoms with Gasteiger partial charge in [0.2, 0.25) is 0 Å². The fraction of sp³-hybridized carbons (Fsp3) is 0.167. The molecule has 1 aromatic rings. The number of nitrogens with one attached hydrogen (secondary N) is 1. The summed E-state index contributed by atoms with van der Waals surface area (Å²) in [6.07, 6.45) is 1.72. The molecule has 0 unspecified atom stereocenters. The second kappa shape index (κ2) is 4.63. The highest BCUT2D eigenvalue weighted by atomic mass is 32.2. The molecule has 1 saturated heterocycles. The molecule has 1 aliphatic heterocycles. The van der Waals surface area contributed by atoms with Gasteiger partial charge < -0.3 is 4.90 Å². The van der Waals surface area contributed by atoms with Crippen molar-refractivity contribution in [2.24, 2.45) is 0 Å². The number of nitrogens with zero attached hydrogens (tertiary/aromatic N) is 1. The average Bonchev–Trinajstić information content (AvgIpc) is 2.58. The van der Waals surface area contributed by atoms with Crippen LogP contribution in [-0.4, -0.2) is 25.2 Å². The molecular formula is C12H12N2O2S. The number of carbonyl (C=O) groups is 2. The molecule has 0 aromatic heterocycles. The molecule has 2 rings (SSSR count). The first-order valence-electron chi connectivity index (χ1n) is 5.08. The Morgan fingerprint density at radius 1 is 1.29 bits per heavy atom. The molecule has 1 aromatic carbocycles. The Bertz CT molecular complexity index is 509. The fourth-order valence-electron chi connectivity index (χ4n) is 1.47. The minimum absolute atomic E-state index is 0.315. The lowest BCUT2D eigenvalue weighted by atomic mass is 10.2. The molecule has 1 aliphatic rings. The summed E-state index contributed by atoms with van der Waals surface area (Å²) >= 11 is 0.931. The third kappa shape index (κ3) is 2.68. The Labute approximate surface area is 104 Å². The summed E-state index contributed by atoms with van der Waals surface area (Å²) in [5, 5.41) is 1.92. The first kappa shape index (κ1) is 11.7.